The molecule has 0 aliphatic carbocycles. The summed E-state index contributed by atoms with van der Waals surface area (Å²) >= 11 is 0. The average Bonchev–Trinajstić information content (AvgIpc) is 3.22. The maximum atomic E-state index is 12.9. The molecule has 0 saturated carbocycles. The van der Waals surface area contributed by atoms with Crippen molar-refractivity contribution >= 4 is 23.4 Å². The minimum Gasteiger partial charge on any atom is -0.356 e. The fraction of sp³-hybridized carbons (Fsp3) is 0.556. The van der Waals surface area contributed by atoms with Gasteiger partial charge in [-0.2, -0.15) is 5.10 Å². The Morgan fingerprint density at radius 3 is 2.67 bits per heavy atom. The van der Waals surface area contributed by atoms with Gasteiger partial charge in [-0.1, -0.05) is 24.6 Å². The van der Waals surface area contributed by atoms with Gasteiger partial charge in [0.1, 0.15) is 0 Å². The molecule has 2 aromatic rings. The van der Waals surface area contributed by atoms with Crippen molar-refractivity contribution in [1.29, 1.82) is 0 Å². The molecule has 9 heteroatoms. The number of piperidine rings is 1. The van der Waals surface area contributed by atoms with Crippen molar-refractivity contribution in [3.8, 4) is 0 Å². The maximum Gasteiger partial charge on any atom is 0.276 e. The lowest BCUT2D eigenvalue weighted by molar-refractivity contribution is -0.134. The van der Waals surface area contributed by atoms with E-state index in [9.17, 15) is 14.4 Å². The second-order valence-corrected chi connectivity index (χ2v) is 9.87. The minimum atomic E-state index is -0.286. The van der Waals surface area contributed by atoms with Gasteiger partial charge < -0.3 is 20.4 Å². The predicted octanol–water partition coefficient (Wildman–Crippen LogP) is 2.72. The molecule has 2 aliphatic rings. The number of hydrogen-bond donors (Lipinski definition) is 2. The molecule has 36 heavy (non-hydrogen) atoms. The molecule has 194 valence electrons. The summed E-state index contributed by atoms with van der Waals surface area (Å²) in [6.45, 7) is 5.95. The summed E-state index contributed by atoms with van der Waals surface area (Å²) in [6, 6.07) is 9.87. The van der Waals surface area contributed by atoms with E-state index in [4.69, 9.17) is 0 Å². The number of aryl methyl sites for hydroxylation is 1. The Kier molecular flexibility index (Phi) is 8.74. The standard InChI is InChI=1S/C27H38N6O3/c1-20-9-6-7-16-32(20)17-8-15-28-24(34)12-13-25(35)33-18-14-23-22(19-33)26(30-31(23)2)27(36)29-21-10-4-3-5-11-21/h3-5,10-11,20H,6-9,12-19H2,1-2H3,(H,28,34)(H,29,36)/t20-/m1/s1. The molecular weight excluding hydrogens is 456 g/mol. The van der Waals surface area contributed by atoms with E-state index in [1.165, 1.54) is 19.3 Å². The van der Waals surface area contributed by atoms with Crippen molar-refractivity contribution in [1.82, 2.24) is 24.9 Å². The fourth-order valence-electron chi connectivity index (χ4n) is 5.17. The van der Waals surface area contributed by atoms with Gasteiger partial charge in [0.25, 0.3) is 5.91 Å². The van der Waals surface area contributed by atoms with Crippen molar-refractivity contribution < 1.29 is 14.4 Å². The number of likely N-dealkylation sites (tertiary alicyclic amines) is 1. The normalized spacial score (nSPS) is 17.9. The third-order valence-electron chi connectivity index (χ3n) is 7.29. The Bertz CT molecular complexity index is 1070. The number of rotatable bonds is 9. The summed E-state index contributed by atoms with van der Waals surface area (Å²) in [5.74, 6) is -0.445. The molecule has 1 atom stereocenters. The summed E-state index contributed by atoms with van der Waals surface area (Å²) in [5, 5.41) is 10.3. The zero-order chi connectivity index (χ0) is 25.5. The van der Waals surface area contributed by atoms with Crippen molar-refractivity contribution in [2.45, 2.75) is 64.5 Å². The highest BCUT2D eigenvalue weighted by Gasteiger charge is 2.29. The maximum absolute atomic E-state index is 12.9. The number of carbonyl (C=O) groups excluding carboxylic acids is 3. The number of anilines is 1. The lowest BCUT2D eigenvalue weighted by atomic mass is 10.0. The lowest BCUT2D eigenvalue weighted by Crippen LogP contribution is -2.39. The van der Waals surface area contributed by atoms with Gasteiger partial charge in [0.15, 0.2) is 5.69 Å². The Balaban J connectivity index is 1.23. The molecule has 3 heterocycles. The largest absolute Gasteiger partial charge is 0.356 e. The van der Waals surface area contributed by atoms with Gasteiger partial charge in [-0.25, -0.2) is 0 Å². The molecule has 9 nitrogen and oxygen atoms in total. The van der Waals surface area contributed by atoms with Gasteiger partial charge in [0, 0.05) is 75.5 Å². The number of para-hydroxylation sites is 1. The number of hydrogen-bond acceptors (Lipinski definition) is 5. The summed E-state index contributed by atoms with van der Waals surface area (Å²) in [6.07, 6.45) is 5.72. The van der Waals surface area contributed by atoms with Crippen LogP contribution < -0.4 is 10.6 Å². The van der Waals surface area contributed by atoms with Crippen molar-refractivity contribution in [3.05, 3.63) is 47.3 Å². The van der Waals surface area contributed by atoms with Gasteiger partial charge in [-0.3, -0.25) is 19.1 Å². The monoisotopic (exact) mass is 494 g/mol. The van der Waals surface area contributed by atoms with Gasteiger partial charge in [-0.15, -0.1) is 0 Å². The molecule has 0 spiro atoms. The quantitative estimate of drug-likeness (QED) is 0.522. The molecule has 2 aliphatic heterocycles. The van der Waals surface area contributed by atoms with E-state index in [1.807, 2.05) is 37.4 Å². The Hall–Kier alpha value is -3.20. The number of nitrogens with one attached hydrogen (secondary N) is 2. The Morgan fingerprint density at radius 2 is 1.89 bits per heavy atom. The number of nitrogens with zero attached hydrogens (tertiary/aromatic N) is 4. The first kappa shape index (κ1) is 25.9. The van der Waals surface area contributed by atoms with Gasteiger partial charge >= 0.3 is 0 Å². The van der Waals surface area contributed by atoms with Crippen LogP contribution in [0, 0.1) is 0 Å². The smallest absolute Gasteiger partial charge is 0.276 e. The van der Waals surface area contributed by atoms with E-state index in [0.29, 0.717) is 43.5 Å². The molecule has 0 radical (unpaired) electrons. The van der Waals surface area contributed by atoms with Crippen LogP contribution in [0.2, 0.25) is 0 Å². The summed E-state index contributed by atoms with van der Waals surface area (Å²) in [5.41, 5.74) is 2.79. The van der Waals surface area contributed by atoms with Crippen LogP contribution in [0.4, 0.5) is 5.69 Å². The molecule has 3 amide bonds. The van der Waals surface area contributed by atoms with E-state index in [1.54, 1.807) is 9.58 Å². The number of amides is 3. The number of aromatic nitrogens is 2. The van der Waals surface area contributed by atoms with Crippen LogP contribution in [-0.4, -0.2) is 69.5 Å². The molecule has 2 N–H and O–H groups in total. The van der Waals surface area contributed by atoms with Crippen LogP contribution in [0.25, 0.3) is 0 Å². The third kappa shape index (κ3) is 6.51. The number of carbonyl (C=O) groups is 3. The first-order valence-corrected chi connectivity index (χ1v) is 13.1. The highest BCUT2D eigenvalue weighted by atomic mass is 16.2. The zero-order valence-corrected chi connectivity index (χ0v) is 21.5. The van der Waals surface area contributed by atoms with E-state index in [2.05, 4.69) is 27.6 Å². The molecule has 1 aromatic carbocycles. The van der Waals surface area contributed by atoms with E-state index >= 15 is 0 Å². The number of fused-ring (bicyclic) bond motifs is 1. The van der Waals surface area contributed by atoms with Crippen LogP contribution >= 0.6 is 0 Å². The van der Waals surface area contributed by atoms with Crippen LogP contribution in [0.3, 0.4) is 0 Å². The van der Waals surface area contributed by atoms with E-state index < -0.39 is 0 Å². The Labute approximate surface area is 213 Å². The fourth-order valence-corrected chi connectivity index (χ4v) is 5.17. The first-order chi connectivity index (χ1) is 17.4. The molecule has 1 saturated heterocycles. The summed E-state index contributed by atoms with van der Waals surface area (Å²) in [4.78, 5) is 42.3. The highest BCUT2D eigenvalue weighted by molar-refractivity contribution is 6.04. The SMILES string of the molecule is C[C@@H]1CCCCN1CCCNC(=O)CCC(=O)N1CCc2c(c(C(=O)Nc3ccccc3)nn2C)C1. The molecule has 0 unspecified atom stereocenters. The molecule has 1 aromatic heterocycles. The highest BCUT2D eigenvalue weighted by Crippen LogP contribution is 2.24. The molecule has 0 bridgehead atoms. The van der Waals surface area contributed by atoms with Gasteiger partial charge in [0.2, 0.25) is 11.8 Å². The molecule has 1 fully saturated rings. The van der Waals surface area contributed by atoms with Gasteiger partial charge in [-0.05, 0) is 44.9 Å². The second-order valence-electron chi connectivity index (χ2n) is 9.87. The Morgan fingerprint density at radius 1 is 1.08 bits per heavy atom. The number of benzene rings is 1. The van der Waals surface area contributed by atoms with Gasteiger partial charge in [0.05, 0.1) is 0 Å². The van der Waals surface area contributed by atoms with Crippen LogP contribution in [0.5, 0.6) is 0 Å². The third-order valence-corrected chi connectivity index (χ3v) is 7.29. The lowest BCUT2D eigenvalue weighted by Gasteiger charge is -2.33. The summed E-state index contributed by atoms with van der Waals surface area (Å²) in [7, 11) is 1.83. The van der Waals surface area contributed by atoms with E-state index in [0.717, 1.165) is 30.8 Å². The molecular formula is C27H38N6O3. The van der Waals surface area contributed by atoms with Crippen molar-refractivity contribution in [2.75, 3.05) is 31.5 Å². The zero-order valence-electron chi connectivity index (χ0n) is 21.5. The van der Waals surface area contributed by atoms with Crippen molar-refractivity contribution in [2.24, 2.45) is 7.05 Å². The summed E-state index contributed by atoms with van der Waals surface area (Å²) < 4.78 is 1.73. The topological polar surface area (TPSA) is 99.6 Å². The van der Waals surface area contributed by atoms with E-state index in [-0.39, 0.29) is 30.6 Å². The second kappa shape index (κ2) is 12.2. The predicted molar refractivity (Wildman–Crippen MR) is 138 cm³/mol. The van der Waals surface area contributed by atoms with Crippen LogP contribution in [0.15, 0.2) is 30.3 Å². The minimum absolute atomic E-state index is 0.0730. The molecule has 4 rings (SSSR count). The van der Waals surface area contributed by atoms with Crippen LogP contribution in [0.1, 0.15) is 67.2 Å². The van der Waals surface area contributed by atoms with Crippen LogP contribution in [-0.2, 0) is 29.6 Å². The first-order valence-electron chi connectivity index (χ1n) is 13.1. The average molecular weight is 495 g/mol. The van der Waals surface area contributed by atoms with Crippen molar-refractivity contribution in [3.63, 3.8) is 0 Å².